The van der Waals surface area contributed by atoms with Gasteiger partial charge in [-0.25, -0.2) is 19.9 Å². The van der Waals surface area contributed by atoms with Crippen LogP contribution in [0.1, 0.15) is 23.2 Å². The summed E-state index contributed by atoms with van der Waals surface area (Å²) in [7, 11) is 1.52. The number of imidazole rings is 1. The number of nitrogens with one attached hydrogen (secondary N) is 1. The summed E-state index contributed by atoms with van der Waals surface area (Å²) in [6.07, 6.45) is 0.893. The summed E-state index contributed by atoms with van der Waals surface area (Å²) in [5.41, 5.74) is 1.86. The molecule has 200 valence electrons. The Bertz CT molecular complexity index is 1530. The fraction of sp³-hybridized carbons (Fsp3) is 0.296. The zero-order valence-electron chi connectivity index (χ0n) is 20.9. The molecule has 1 unspecified atom stereocenters. The molecule has 1 fully saturated rings. The summed E-state index contributed by atoms with van der Waals surface area (Å²) < 4.78 is 46.0. The molecule has 2 aliphatic heterocycles. The first kappa shape index (κ1) is 25.0. The van der Waals surface area contributed by atoms with Crippen molar-refractivity contribution in [1.82, 2.24) is 24.5 Å². The van der Waals surface area contributed by atoms with Crippen LogP contribution in [0.2, 0.25) is 0 Å². The van der Waals surface area contributed by atoms with Crippen LogP contribution in [0.4, 0.5) is 24.8 Å². The minimum atomic E-state index is -4.52. The fourth-order valence-corrected chi connectivity index (χ4v) is 4.78. The van der Waals surface area contributed by atoms with Crippen molar-refractivity contribution in [2.24, 2.45) is 7.05 Å². The average Bonchev–Trinajstić information content (AvgIpc) is 3.64. The van der Waals surface area contributed by atoms with E-state index in [0.717, 1.165) is 29.3 Å². The highest BCUT2D eigenvalue weighted by Gasteiger charge is 2.35. The average molecular weight is 536 g/mol. The van der Waals surface area contributed by atoms with E-state index in [2.05, 4.69) is 20.3 Å². The lowest BCUT2D eigenvalue weighted by Crippen LogP contribution is -2.26. The lowest BCUT2D eigenvalue weighted by atomic mass is 10.1. The van der Waals surface area contributed by atoms with Gasteiger partial charge in [0, 0.05) is 43.4 Å². The second-order valence-corrected chi connectivity index (χ2v) is 9.56. The van der Waals surface area contributed by atoms with Crippen LogP contribution in [0.3, 0.4) is 0 Å². The first-order valence-electron chi connectivity index (χ1n) is 12.4. The second-order valence-electron chi connectivity index (χ2n) is 9.56. The third-order valence-corrected chi connectivity index (χ3v) is 6.78. The van der Waals surface area contributed by atoms with Crippen LogP contribution in [0, 0.1) is 0 Å². The Balaban J connectivity index is 1.24. The predicted octanol–water partition coefficient (Wildman–Crippen LogP) is 4.25. The van der Waals surface area contributed by atoms with Gasteiger partial charge in [0.1, 0.15) is 17.5 Å². The molecule has 0 saturated carbocycles. The Hall–Kier alpha value is -4.32. The van der Waals surface area contributed by atoms with Gasteiger partial charge in [0.05, 0.1) is 31.2 Å². The van der Waals surface area contributed by atoms with E-state index in [1.165, 1.54) is 11.6 Å². The molecule has 2 aliphatic rings. The molecular weight excluding hydrogens is 511 g/mol. The number of pyridine rings is 1. The number of ether oxygens (including phenoxy) is 1. The summed E-state index contributed by atoms with van der Waals surface area (Å²) in [5, 5.41) is 3.40. The van der Waals surface area contributed by atoms with Gasteiger partial charge in [0.15, 0.2) is 11.5 Å². The number of aryl methyl sites for hydroxylation is 1. The molecule has 12 heteroatoms. The maximum atomic E-state index is 13.1. The van der Waals surface area contributed by atoms with Crippen molar-refractivity contribution in [3.63, 3.8) is 0 Å². The van der Waals surface area contributed by atoms with Crippen molar-refractivity contribution in [2.75, 3.05) is 23.4 Å². The highest BCUT2D eigenvalue weighted by molar-refractivity contribution is 6.00. The van der Waals surface area contributed by atoms with Crippen molar-refractivity contribution < 1.29 is 22.7 Å². The van der Waals surface area contributed by atoms with Crippen LogP contribution in [-0.4, -0.2) is 49.7 Å². The van der Waals surface area contributed by atoms with E-state index in [1.54, 1.807) is 41.6 Å². The van der Waals surface area contributed by atoms with Crippen molar-refractivity contribution in [2.45, 2.75) is 31.6 Å². The number of rotatable bonds is 6. The van der Waals surface area contributed by atoms with Crippen LogP contribution in [0.5, 0.6) is 0 Å². The van der Waals surface area contributed by atoms with Crippen LogP contribution < -0.4 is 10.2 Å². The van der Waals surface area contributed by atoms with Crippen LogP contribution in [0.15, 0.2) is 55.0 Å². The molecule has 1 N–H and O–H groups in total. The molecule has 0 spiro atoms. The Morgan fingerprint density at radius 1 is 1.13 bits per heavy atom. The number of carbonyl (C=O) groups is 1. The maximum absolute atomic E-state index is 13.1. The Morgan fingerprint density at radius 3 is 2.67 bits per heavy atom. The molecule has 1 amide bonds. The normalized spacial score (nSPS) is 17.1. The molecule has 0 aliphatic carbocycles. The standard InChI is InChI=1S/C27H24F3N7O2/c1-36-14-21(27(28,29)30)34-25(36)17-6-4-16(5-7-17)13-37-22(38)11-18-12-32-24(35-26(18)37)20-3-2-9-31-23(20)33-19-8-10-39-15-19/h2-7,9,12,14,19H,8,10-11,13,15H2,1H3,(H,31,33). The van der Waals surface area contributed by atoms with Gasteiger partial charge in [-0.2, -0.15) is 13.2 Å². The first-order valence-corrected chi connectivity index (χ1v) is 12.4. The minimum Gasteiger partial charge on any atom is -0.379 e. The summed E-state index contributed by atoms with van der Waals surface area (Å²) in [5.74, 6) is 1.74. The molecule has 0 bridgehead atoms. The zero-order valence-corrected chi connectivity index (χ0v) is 20.9. The molecule has 5 heterocycles. The smallest absolute Gasteiger partial charge is 0.379 e. The van der Waals surface area contributed by atoms with E-state index in [9.17, 15) is 18.0 Å². The Kier molecular flexibility index (Phi) is 6.26. The number of aromatic nitrogens is 5. The summed E-state index contributed by atoms with van der Waals surface area (Å²) in [6, 6.07) is 10.8. The van der Waals surface area contributed by atoms with E-state index in [4.69, 9.17) is 9.72 Å². The van der Waals surface area contributed by atoms with Gasteiger partial charge in [0.2, 0.25) is 5.91 Å². The highest BCUT2D eigenvalue weighted by atomic mass is 19.4. The largest absolute Gasteiger partial charge is 0.434 e. The lowest BCUT2D eigenvalue weighted by molar-refractivity contribution is -0.140. The van der Waals surface area contributed by atoms with E-state index in [1.807, 2.05) is 12.1 Å². The molecule has 3 aromatic heterocycles. The van der Waals surface area contributed by atoms with E-state index < -0.39 is 11.9 Å². The third kappa shape index (κ3) is 4.94. The predicted molar refractivity (Wildman–Crippen MR) is 137 cm³/mol. The number of halogens is 3. The van der Waals surface area contributed by atoms with Gasteiger partial charge < -0.3 is 14.6 Å². The summed E-state index contributed by atoms with van der Waals surface area (Å²) >= 11 is 0. The molecule has 9 nitrogen and oxygen atoms in total. The second kappa shape index (κ2) is 9.77. The monoisotopic (exact) mass is 535 g/mol. The number of alkyl halides is 3. The molecule has 0 radical (unpaired) electrons. The van der Waals surface area contributed by atoms with Gasteiger partial charge in [0.25, 0.3) is 0 Å². The first-order chi connectivity index (χ1) is 18.8. The summed E-state index contributed by atoms with van der Waals surface area (Å²) in [4.78, 5) is 32.0. The molecule has 39 heavy (non-hydrogen) atoms. The zero-order chi connectivity index (χ0) is 27.1. The lowest BCUT2D eigenvalue weighted by Gasteiger charge is -2.18. The maximum Gasteiger partial charge on any atom is 0.434 e. The number of nitrogens with zero attached hydrogens (tertiary/aromatic N) is 6. The van der Waals surface area contributed by atoms with Gasteiger partial charge in [-0.15, -0.1) is 0 Å². The molecular formula is C27H24F3N7O2. The molecule has 1 atom stereocenters. The highest BCUT2D eigenvalue weighted by Crippen LogP contribution is 2.33. The number of anilines is 2. The van der Waals surface area contributed by atoms with Gasteiger partial charge in [-0.3, -0.25) is 9.69 Å². The summed E-state index contributed by atoms with van der Waals surface area (Å²) in [6.45, 7) is 1.56. The van der Waals surface area contributed by atoms with Crippen molar-refractivity contribution >= 4 is 17.5 Å². The van der Waals surface area contributed by atoms with E-state index in [-0.39, 0.29) is 30.7 Å². The number of benzene rings is 1. The van der Waals surface area contributed by atoms with Crippen molar-refractivity contribution in [3.05, 3.63) is 71.8 Å². The number of amides is 1. The molecule has 1 saturated heterocycles. The van der Waals surface area contributed by atoms with Gasteiger partial charge >= 0.3 is 6.18 Å². The van der Waals surface area contributed by atoms with Crippen molar-refractivity contribution in [1.29, 1.82) is 0 Å². The number of hydrogen-bond donors (Lipinski definition) is 1. The third-order valence-electron chi connectivity index (χ3n) is 6.78. The van der Waals surface area contributed by atoms with Gasteiger partial charge in [-0.05, 0) is 24.1 Å². The van der Waals surface area contributed by atoms with Crippen LogP contribution >= 0.6 is 0 Å². The van der Waals surface area contributed by atoms with E-state index >= 15 is 0 Å². The minimum absolute atomic E-state index is 0.105. The SMILES string of the molecule is Cn1cc(C(F)(F)F)nc1-c1ccc(CN2C(=O)Cc3cnc(-c4cccnc4NC4CCOC4)nc32)cc1. The Morgan fingerprint density at radius 2 is 1.95 bits per heavy atom. The van der Waals surface area contributed by atoms with E-state index in [0.29, 0.717) is 36.2 Å². The van der Waals surface area contributed by atoms with Crippen molar-refractivity contribution in [3.8, 4) is 22.8 Å². The van der Waals surface area contributed by atoms with Crippen LogP contribution in [-0.2, 0) is 35.7 Å². The number of carbonyl (C=O) groups excluding carboxylic acids is 1. The van der Waals surface area contributed by atoms with Gasteiger partial charge in [-0.1, -0.05) is 24.3 Å². The fourth-order valence-electron chi connectivity index (χ4n) is 4.78. The molecule has 4 aromatic rings. The van der Waals surface area contributed by atoms with Crippen LogP contribution in [0.25, 0.3) is 22.8 Å². The number of hydrogen-bond acceptors (Lipinski definition) is 7. The molecule has 6 rings (SSSR count). The molecule has 1 aromatic carbocycles. The topological polar surface area (TPSA) is 98.1 Å². The Labute approximate surface area is 221 Å². The number of fused-ring (bicyclic) bond motifs is 1. The quantitative estimate of drug-likeness (QED) is 0.394.